The van der Waals surface area contributed by atoms with E-state index < -0.39 is 6.10 Å². The summed E-state index contributed by atoms with van der Waals surface area (Å²) >= 11 is 5.97. The fraction of sp³-hybridized carbons (Fsp3) is 0.381. The predicted molar refractivity (Wildman–Crippen MR) is 104 cm³/mol. The zero-order valence-corrected chi connectivity index (χ0v) is 16.3. The lowest BCUT2D eigenvalue weighted by atomic mass is 9.86. The lowest BCUT2D eigenvalue weighted by molar-refractivity contribution is -0.165. The number of furan rings is 1. The summed E-state index contributed by atoms with van der Waals surface area (Å²) in [6.45, 7) is 1.59. The van der Waals surface area contributed by atoms with E-state index in [1.165, 1.54) is 5.01 Å². The Morgan fingerprint density at radius 3 is 2.61 bits per heavy atom. The molecule has 1 aromatic carbocycles. The highest BCUT2D eigenvalue weighted by Gasteiger charge is 2.38. The third kappa shape index (κ3) is 3.69. The second-order valence-electron chi connectivity index (χ2n) is 7.18. The van der Waals surface area contributed by atoms with Crippen LogP contribution in [0.2, 0.25) is 5.02 Å². The second kappa shape index (κ2) is 7.80. The van der Waals surface area contributed by atoms with E-state index in [4.69, 9.17) is 20.8 Å². The molecule has 1 saturated carbocycles. The van der Waals surface area contributed by atoms with E-state index in [0.717, 1.165) is 30.5 Å². The molecule has 146 valence electrons. The molecule has 0 spiro atoms. The van der Waals surface area contributed by atoms with Gasteiger partial charge in [-0.1, -0.05) is 30.2 Å². The van der Waals surface area contributed by atoms with Crippen LogP contribution in [0.15, 0.2) is 52.2 Å². The van der Waals surface area contributed by atoms with Crippen molar-refractivity contribution in [3.63, 3.8) is 0 Å². The molecule has 1 aliphatic carbocycles. The van der Waals surface area contributed by atoms with Crippen molar-refractivity contribution in [2.24, 2.45) is 11.0 Å². The molecule has 1 fully saturated rings. The lowest BCUT2D eigenvalue weighted by Crippen LogP contribution is -2.39. The molecule has 28 heavy (non-hydrogen) atoms. The summed E-state index contributed by atoms with van der Waals surface area (Å²) in [7, 11) is 0. The molecule has 6 nitrogen and oxygen atoms in total. The Balaban J connectivity index is 1.55. The molecule has 7 heteroatoms. The molecule has 2 heterocycles. The molecule has 1 aliphatic heterocycles. The maximum absolute atomic E-state index is 13.0. The van der Waals surface area contributed by atoms with E-state index in [-0.39, 0.29) is 23.8 Å². The van der Waals surface area contributed by atoms with E-state index in [0.29, 0.717) is 17.2 Å². The predicted octanol–water partition coefficient (Wildman–Crippen LogP) is 4.34. The fourth-order valence-electron chi connectivity index (χ4n) is 3.38. The van der Waals surface area contributed by atoms with Gasteiger partial charge < -0.3 is 9.15 Å². The summed E-state index contributed by atoms with van der Waals surface area (Å²) in [5.41, 5.74) is 1.64. The number of ether oxygens (including phenoxy) is 1. The van der Waals surface area contributed by atoms with Crippen LogP contribution >= 0.6 is 11.6 Å². The second-order valence-corrected chi connectivity index (χ2v) is 7.62. The molecule has 0 bridgehead atoms. The number of benzene rings is 1. The summed E-state index contributed by atoms with van der Waals surface area (Å²) in [5.74, 6) is -0.109. The van der Waals surface area contributed by atoms with Gasteiger partial charge in [0.05, 0.1) is 17.9 Å². The van der Waals surface area contributed by atoms with Gasteiger partial charge in [-0.25, -0.2) is 5.01 Å². The number of amides is 1. The Morgan fingerprint density at radius 1 is 1.25 bits per heavy atom. The SMILES string of the molecule is C[C@H](OC(=O)C1CCC1)C(=O)N1N=C(c2ccc(Cl)cc2)C[C@@H]1c1ccco1. The minimum Gasteiger partial charge on any atom is -0.467 e. The van der Waals surface area contributed by atoms with Crippen LogP contribution < -0.4 is 0 Å². The van der Waals surface area contributed by atoms with E-state index >= 15 is 0 Å². The average Bonchev–Trinajstić information content (AvgIpc) is 3.29. The van der Waals surface area contributed by atoms with Gasteiger partial charge in [-0.05, 0) is 49.6 Å². The quantitative estimate of drug-likeness (QED) is 0.700. The zero-order chi connectivity index (χ0) is 19.7. The van der Waals surface area contributed by atoms with E-state index in [1.54, 1.807) is 31.4 Å². The largest absolute Gasteiger partial charge is 0.467 e. The first-order chi connectivity index (χ1) is 13.5. The van der Waals surface area contributed by atoms with Crippen LogP contribution in [0.4, 0.5) is 0 Å². The van der Waals surface area contributed by atoms with Crippen LogP contribution in [-0.2, 0) is 14.3 Å². The third-order valence-corrected chi connectivity index (χ3v) is 5.52. The van der Waals surface area contributed by atoms with Crippen molar-refractivity contribution in [1.29, 1.82) is 0 Å². The Labute approximate surface area is 168 Å². The first-order valence-electron chi connectivity index (χ1n) is 9.43. The Kier molecular flexibility index (Phi) is 5.22. The summed E-state index contributed by atoms with van der Waals surface area (Å²) < 4.78 is 10.9. The van der Waals surface area contributed by atoms with Gasteiger partial charge in [0.2, 0.25) is 0 Å². The van der Waals surface area contributed by atoms with Crippen molar-refractivity contribution >= 4 is 29.2 Å². The van der Waals surface area contributed by atoms with Gasteiger partial charge in [0.25, 0.3) is 5.91 Å². The number of esters is 1. The number of hydrogen-bond acceptors (Lipinski definition) is 5. The maximum atomic E-state index is 13.0. The van der Waals surface area contributed by atoms with Gasteiger partial charge in [0.15, 0.2) is 6.10 Å². The highest BCUT2D eigenvalue weighted by Crippen LogP contribution is 2.34. The summed E-state index contributed by atoms with van der Waals surface area (Å²) in [4.78, 5) is 25.1. The molecule has 0 N–H and O–H groups in total. The van der Waals surface area contributed by atoms with Crippen LogP contribution in [0.25, 0.3) is 0 Å². The van der Waals surface area contributed by atoms with Crippen molar-refractivity contribution in [3.8, 4) is 0 Å². The van der Waals surface area contributed by atoms with Gasteiger partial charge in [-0.2, -0.15) is 5.10 Å². The molecule has 0 radical (unpaired) electrons. The molecule has 0 unspecified atom stereocenters. The number of halogens is 1. The summed E-state index contributed by atoms with van der Waals surface area (Å²) in [6, 6.07) is 10.5. The van der Waals surface area contributed by atoms with Crippen LogP contribution in [-0.4, -0.2) is 28.7 Å². The summed E-state index contributed by atoms with van der Waals surface area (Å²) in [6.07, 6.45) is 3.86. The minimum absolute atomic E-state index is 0.0807. The number of carbonyl (C=O) groups is 2. The van der Waals surface area contributed by atoms with Gasteiger partial charge in [0.1, 0.15) is 11.8 Å². The molecule has 1 aromatic heterocycles. The topological polar surface area (TPSA) is 72.1 Å². The zero-order valence-electron chi connectivity index (χ0n) is 15.5. The molecule has 0 saturated heterocycles. The van der Waals surface area contributed by atoms with Gasteiger partial charge in [0, 0.05) is 11.4 Å². The van der Waals surface area contributed by atoms with Gasteiger partial charge in [-0.15, -0.1) is 0 Å². The fourth-order valence-corrected chi connectivity index (χ4v) is 3.51. The van der Waals surface area contributed by atoms with Gasteiger partial charge >= 0.3 is 5.97 Å². The smallest absolute Gasteiger partial charge is 0.309 e. The van der Waals surface area contributed by atoms with Crippen LogP contribution in [0, 0.1) is 5.92 Å². The van der Waals surface area contributed by atoms with Crippen molar-refractivity contribution in [3.05, 3.63) is 59.0 Å². The number of hydrogen-bond donors (Lipinski definition) is 0. The maximum Gasteiger partial charge on any atom is 0.309 e. The van der Waals surface area contributed by atoms with Crippen molar-refractivity contribution in [2.45, 2.75) is 44.8 Å². The monoisotopic (exact) mass is 400 g/mol. The van der Waals surface area contributed by atoms with Crippen LogP contribution in [0.3, 0.4) is 0 Å². The molecule has 2 aliphatic rings. The molecule has 2 aromatic rings. The molecular weight excluding hydrogens is 380 g/mol. The van der Waals surface area contributed by atoms with E-state index in [9.17, 15) is 9.59 Å². The van der Waals surface area contributed by atoms with Crippen LogP contribution in [0.1, 0.15) is 50.0 Å². The molecule has 4 rings (SSSR count). The Bertz CT molecular complexity index is 888. The average molecular weight is 401 g/mol. The highest BCUT2D eigenvalue weighted by atomic mass is 35.5. The van der Waals surface area contributed by atoms with Crippen molar-refractivity contribution in [2.75, 3.05) is 0 Å². The first kappa shape index (κ1) is 18.7. The van der Waals surface area contributed by atoms with Gasteiger partial charge in [-0.3, -0.25) is 9.59 Å². The normalized spacial score (nSPS) is 20.4. The molecule has 2 atom stereocenters. The number of rotatable bonds is 5. The highest BCUT2D eigenvalue weighted by molar-refractivity contribution is 6.30. The van der Waals surface area contributed by atoms with E-state index in [1.807, 2.05) is 18.2 Å². The lowest BCUT2D eigenvalue weighted by Gasteiger charge is -2.27. The van der Waals surface area contributed by atoms with Crippen LogP contribution in [0.5, 0.6) is 0 Å². The van der Waals surface area contributed by atoms with Crippen molar-refractivity contribution in [1.82, 2.24) is 5.01 Å². The standard InChI is InChI=1S/C21H21ClN2O4/c1-13(28-21(26)15-4-2-5-15)20(25)24-18(19-6-3-11-27-19)12-17(23-24)14-7-9-16(22)10-8-14/h3,6-11,13,15,18H,2,4-5,12H2,1H3/t13-,18+/m0/s1. The minimum atomic E-state index is -0.904. The molecular formula is C21H21ClN2O4. The Morgan fingerprint density at radius 2 is 2.00 bits per heavy atom. The van der Waals surface area contributed by atoms with E-state index in [2.05, 4.69) is 5.10 Å². The Hall–Kier alpha value is -2.60. The van der Waals surface area contributed by atoms with Crippen molar-refractivity contribution < 1.29 is 18.7 Å². The third-order valence-electron chi connectivity index (χ3n) is 5.26. The summed E-state index contributed by atoms with van der Waals surface area (Å²) in [5, 5.41) is 6.55. The number of carbonyl (C=O) groups excluding carboxylic acids is 2. The molecule has 1 amide bonds. The number of nitrogens with zero attached hydrogens (tertiary/aromatic N) is 2. The number of hydrazone groups is 1. The first-order valence-corrected chi connectivity index (χ1v) is 9.81.